The van der Waals surface area contributed by atoms with E-state index in [-0.39, 0.29) is 17.7 Å². The number of nitrogens with zero attached hydrogens (tertiary/aromatic N) is 1. The molecule has 1 aliphatic rings. The van der Waals surface area contributed by atoms with Crippen LogP contribution in [0.2, 0.25) is 0 Å². The fraction of sp³-hybridized carbons (Fsp3) is 0.846. The Morgan fingerprint density at radius 3 is 2.56 bits per heavy atom. The van der Waals surface area contributed by atoms with E-state index < -0.39 is 5.97 Å². The van der Waals surface area contributed by atoms with Crippen molar-refractivity contribution in [2.24, 2.45) is 17.8 Å². The molecule has 1 rings (SSSR count). The van der Waals surface area contributed by atoms with Crippen LogP contribution in [0.1, 0.15) is 27.2 Å². The first-order valence-corrected chi connectivity index (χ1v) is 6.62. The first-order valence-electron chi connectivity index (χ1n) is 6.62. The van der Waals surface area contributed by atoms with Crippen LogP contribution in [0.25, 0.3) is 0 Å². The van der Waals surface area contributed by atoms with Crippen LogP contribution in [-0.2, 0) is 9.59 Å². The summed E-state index contributed by atoms with van der Waals surface area (Å²) >= 11 is 0. The summed E-state index contributed by atoms with van der Waals surface area (Å²) in [5.41, 5.74) is 0. The van der Waals surface area contributed by atoms with E-state index in [0.29, 0.717) is 32.1 Å². The van der Waals surface area contributed by atoms with Crippen LogP contribution in [0.15, 0.2) is 0 Å². The second-order valence-electron chi connectivity index (χ2n) is 5.65. The highest BCUT2D eigenvalue weighted by Crippen LogP contribution is 2.22. The number of aliphatic carboxylic acids is 1. The zero-order valence-electron chi connectivity index (χ0n) is 11.5. The third-order valence-corrected chi connectivity index (χ3v) is 3.42. The summed E-state index contributed by atoms with van der Waals surface area (Å²) in [4.78, 5) is 24.6. The van der Waals surface area contributed by atoms with Crippen molar-refractivity contribution in [1.82, 2.24) is 10.2 Å². The molecule has 1 amide bonds. The van der Waals surface area contributed by atoms with Crippen molar-refractivity contribution in [3.63, 3.8) is 0 Å². The summed E-state index contributed by atoms with van der Waals surface area (Å²) in [7, 11) is 0. The topological polar surface area (TPSA) is 69.6 Å². The van der Waals surface area contributed by atoms with Crippen LogP contribution in [0, 0.1) is 17.8 Å². The predicted molar refractivity (Wildman–Crippen MR) is 69.2 cm³/mol. The molecule has 1 aliphatic heterocycles. The van der Waals surface area contributed by atoms with Crippen molar-refractivity contribution < 1.29 is 14.7 Å². The Hall–Kier alpha value is -1.10. The summed E-state index contributed by atoms with van der Waals surface area (Å²) in [6.07, 6.45) is 0.972. The van der Waals surface area contributed by atoms with Crippen LogP contribution < -0.4 is 5.32 Å². The number of hydrogen-bond acceptors (Lipinski definition) is 3. The van der Waals surface area contributed by atoms with Gasteiger partial charge in [0.05, 0.1) is 12.5 Å². The van der Waals surface area contributed by atoms with Crippen molar-refractivity contribution >= 4 is 11.9 Å². The Labute approximate surface area is 109 Å². The molecule has 0 unspecified atom stereocenters. The molecule has 1 heterocycles. The first-order chi connectivity index (χ1) is 8.40. The van der Waals surface area contributed by atoms with Gasteiger partial charge in [0.1, 0.15) is 0 Å². The average molecular weight is 256 g/mol. The van der Waals surface area contributed by atoms with Crippen molar-refractivity contribution in [1.29, 1.82) is 0 Å². The van der Waals surface area contributed by atoms with Gasteiger partial charge in [0.2, 0.25) is 5.91 Å². The first kappa shape index (κ1) is 15.0. The van der Waals surface area contributed by atoms with Gasteiger partial charge in [-0.3, -0.25) is 14.5 Å². The van der Waals surface area contributed by atoms with Gasteiger partial charge in [-0.25, -0.2) is 0 Å². The number of rotatable bonds is 6. The molecule has 0 aliphatic carbocycles. The number of carboxylic acids is 1. The van der Waals surface area contributed by atoms with Gasteiger partial charge in [-0.05, 0) is 18.3 Å². The van der Waals surface area contributed by atoms with E-state index in [9.17, 15) is 9.59 Å². The van der Waals surface area contributed by atoms with Gasteiger partial charge in [-0.15, -0.1) is 0 Å². The lowest BCUT2D eigenvalue weighted by atomic mass is 9.99. The van der Waals surface area contributed by atoms with Gasteiger partial charge in [0.15, 0.2) is 0 Å². The van der Waals surface area contributed by atoms with Crippen molar-refractivity contribution in [2.75, 3.05) is 26.2 Å². The second kappa shape index (κ2) is 6.73. The Balaban J connectivity index is 2.27. The molecule has 2 atom stereocenters. The van der Waals surface area contributed by atoms with E-state index in [1.54, 1.807) is 0 Å². The van der Waals surface area contributed by atoms with Gasteiger partial charge in [0, 0.05) is 19.6 Å². The van der Waals surface area contributed by atoms with Gasteiger partial charge in [-0.2, -0.15) is 0 Å². The Bertz CT molecular complexity index is 305. The van der Waals surface area contributed by atoms with Gasteiger partial charge >= 0.3 is 5.97 Å². The predicted octanol–water partition coefficient (Wildman–Crippen LogP) is 0.801. The Kier molecular flexibility index (Phi) is 5.59. The van der Waals surface area contributed by atoms with E-state index in [2.05, 4.69) is 19.2 Å². The van der Waals surface area contributed by atoms with Gasteiger partial charge < -0.3 is 10.4 Å². The third-order valence-electron chi connectivity index (χ3n) is 3.42. The Morgan fingerprint density at radius 1 is 1.39 bits per heavy atom. The van der Waals surface area contributed by atoms with E-state index in [1.165, 1.54) is 0 Å². The molecule has 0 aromatic carbocycles. The molecule has 18 heavy (non-hydrogen) atoms. The molecule has 5 heteroatoms. The molecule has 1 fully saturated rings. The maximum absolute atomic E-state index is 11.7. The van der Waals surface area contributed by atoms with Crippen LogP contribution in [-0.4, -0.2) is 48.1 Å². The molecule has 1 saturated heterocycles. The number of amides is 1. The normalized spacial score (nSPS) is 24.4. The minimum atomic E-state index is -0.759. The number of carboxylic acid groups (broad SMARTS) is 1. The summed E-state index contributed by atoms with van der Waals surface area (Å²) in [5, 5.41) is 11.9. The van der Waals surface area contributed by atoms with Crippen molar-refractivity contribution in [2.45, 2.75) is 27.2 Å². The summed E-state index contributed by atoms with van der Waals surface area (Å²) in [5.74, 6) is -0.410. The van der Waals surface area contributed by atoms with Gasteiger partial charge in [-0.1, -0.05) is 20.8 Å². The molecule has 2 N–H and O–H groups in total. The lowest BCUT2D eigenvalue weighted by Crippen LogP contribution is -2.37. The molecule has 0 bridgehead atoms. The van der Waals surface area contributed by atoms with Crippen LogP contribution >= 0.6 is 0 Å². The SMILES string of the molecule is CC(C)CCNC(=O)CN1C[C@@H](C)[C@H](C(=O)O)C1. The quantitative estimate of drug-likeness (QED) is 0.737. The average Bonchev–Trinajstić information content (AvgIpc) is 2.58. The van der Waals surface area contributed by atoms with E-state index >= 15 is 0 Å². The van der Waals surface area contributed by atoms with E-state index in [0.717, 1.165) is 6.42 Å². The third kappa shape index (κ3) is 4.64. The molecule has 104 valence electrons. The number of likely N-dealkylation sites (tertiary alicyclic amines) is 1. The molecule has 5 nitrogen and oxygen atoms in total. The highest BCUT2D eigenvalue weighted by Gasteiger charge is 2.35. The monoisotopic (exact) mass is 256 g/mol. The molecule has 0 saturated carbocycles. The highest BCUT2D eigenvalue weighted by molar-refractivity contribution is 5.78. The lowest BCUT2D eigenvalue weighted by molar-refractivity contribution is -0.142. The van der Waals surface area contributed by atoms with E-state index in [1.807, 2.05) is 11.8 Å². The Morgan fingerprint density at radius 2 is 2.06 bits per heavy atom. The minimum absolute atomic E-state index is 0.00566. The number of hydrogen-bond donors (Lipinski definition) is 2. The standard InChI is InChI=1S/C13H24N2O3/c1-9(2)4-5-14-12(16)8-15-6-10(3)11(7-15)13(17)18/h9-11H,4-8H2,1-3H3,(H,14,16)(H,17,18)/t10-,11-/m1/s1. The summed E-state index contributed by atoms with van der Waals surface area (Å²) in [6.45, 7) is 8.34. The minimum Gasteiger partial charge on any atom is -0.481 e. The molecule has 0 aromatic heterocycles. The maximum Gasteiger partial charge on any atom is 0.308 e. The maximum atomic E-state index is 11.7. The second-order valence-corrected chi connectivity index (χ2v) is 5.65. The number of nitrogens with one attached hydrogen (secondary N) is 1. The van der Waals surface area contributed by atoms with Crippen molar-refractivity contribution in [3.05, 3.63) is 0 Å². The largest absolute Gasteiger partial charge is 0.481 e. The number of carbonyl (C=O) groups is 2. The van der Waals surface area contributed by atoms with Crippen molar-refractivity contribution in [3.8, 4) is 0 Å². The lowest BCUT2D eigenvalue weighted by Gasteiger charge is -2.15. The molecular weight excluding hydrogens is 232 g/mol. The van der Waals surface area contributed by atoms with Crippen LogP contribution in [0.4, 0.5) is 0 Å². The van der Waals surface area contributed by atoms with E-state index in [4.69, 9.17) is 5.11 Å². The summed E-state index contributed by atoms with van der Waals surface area (Å²) in [6, 6.07) is 0. The van der Waals surface area contributed by atoms with Gasteiger partial charge in [0.25, 0.3) is 0 Å². The fourth-order valence-electron chi connectivity index (χ4n) is 2.28. The fourth-order valence-corrected chi connectivity index (χ4v) is 2.28. The zero-order valence-corrected chi connectivity index (χ0v) is 11.5. The molecule has 0 spiro atoms. The zero-order chi connectivity index (χ0) is 13.7. The summed E-state index contributed by atoms with van der Waals surface area (Å²) < 4.78 is 0. The van der Waals surface area contributed by atoms with Crippen LogP contribution in [0.3, 0.4) is 0 Å². The molecule has 0 radical (unpaired) electrons. The van der Waals surface area contributed by atoms with Crippen LogP contribution in [0.5, 0.6) is 0 Å². The smallest absolute Gasteiger partial charge is 0.308 e. The molecule has 0 aromatic rings. The number of carbonyl (C=O) groups excluding carboxylic acids is 1. The highest BCUT2D eigenvalue weighted by atomic mass is 16.4. The molecular formula is C13H24N2O3.